The van der Waals surface area contributed by atoms with E-state index in [2.05, 4.69) is 14.9 Å². The fourth-order valence-corrected chi connectivity index (χ4v) is 4.98. The molecule has 2 N–H and O–H groups in total. The number of ether oxygens (including phenoxy) is 1. The van der Waals surface area contributed by atoms with Gasteiger partial charge >= 0.3 is 0 Å². The molecule has 168 valence electrons. The largest absolute Gasteiger partial charge is 0.497 e. The molecule has 0 bridgehead atoms. The Balaban J connectivity index is 1.66. The Hall–Kier alpha value is -2.49. The zero-order valence-corrected chi connectivity index (χ0v) is 18.5. The van der Waals surface area contributed by atoms with Crippen molar-refractivity contribution in [2.45, 2.75) is 36.7 Å². The number of nitrogens with zero attached hydrogens (tertiary/aromatic N) is 1. The van der Waals surface area contributed by atoms with Crippen LogP contribution in [-0.2, 0) is 14.8 Å². The molecule has 3 rings (SSSR count). The van der Waals surface area contributed by atoms with Crippen molar-refractivity contribution in [2.75, 3.05) is 26.7 Å². The summed E-state index contributed by atoms with van der Waals surface area (Å²) in [6.45, 7) is 3.63. The quantitative estimate of drug-likeness (QED) is 0.614. The highest BCUT2D eigenvalue weighted by Crippen LogP contribution is 2.26. The molecule has 1 aliphatic rings. The van der Waals surface area contributed by atoms with E-state index in [1.54, 1.807) is 7.11 Å². The lowest BCUT2D eigenvalue weighted by Crippen LogP contribution is -2.47. The standard InChI is InChI=1S/C22H28FN3O4S/c1-16(25-31(28,29)21-8-4-3-7-19(21)23)22(27)24-15-20(26-13-5-6-14-26)17-9-11-18(30-2)12-10-17/h3-4,7-12,16,20,25H,5-6,13-15H2,1-2H3,(H,24,27)/t16-,20?/m0/s1. The molecule has 31 heavy (non-hydrogen) atoms. The summed E-state index contributed by atoms with van der Waals surface area (Å²) in [5.41, 5.74) is 1.04. The van der Waals surface area contributed by atoms with E-state index in [0.717, 1.165) is 49.4 Å². The molecular weight excluding hydrogens is 421 g/mol. The summed E-state index contributed by atoms with van der Waals surface area (Å²) in [5, 5.41) is 2.84. The van der Waals surface area contributed by atoms with E-state index < -0.39 is 32.7 Å². The first kappa shape index (κ1) is 23.2. The van der Waals surface area contributed by atoms with Gasteiger partial charge in [-0.15, -0.1) is 0 Å². The molecule has 0 radical (unpaired) electrons. The van der Waals surface area contributed by atoms with Crippen molar-refractivity contribution in [3.05, 3.63) is 59.9 Å². The lowest BCUT2D eigenvalue weighted by Gasteiger charge is -2.29. The molecule has 1 unspecified atom stereocenters. The predicted molar refractivity (Wildman–Crippen MR) is 116 cm³/mol. The number of benzene rings is 2. The summed E-state index contributed by atoms with van der Waals surface area (Å²) < 4.78 is 46.2. The van der Waals surface area contributed by atoms with Gasteiger partial charge in [0.1, 0.15) is 16.5 Å². The van der Waals surface area contributed by atoms with Crippen LogP contribution < -0.4 is 14.8 Å². The van der Waals surface area contributed by atoms with Crippen molar-refractivity contribution in [3.8, 4) is 5.75 Å². The Morgan fingerprint density at radius 3 is 2.39 bits per heavy atom. The van der Waals surface area contributed by atoms with E-state index in [1.807, 2.05) is 24.3 Å². The van der Waals surface area contributed by atoms with Gasteiger partial charge in [0.2, 0.25) is 15.9 Å². The topological polar surface area (TPSA) is 87.7 Å². The first-order chi connectivity index (χ1) is 14.8. The Morgan fingerprint density at radius 1 is 1.13 bits per heavy atom. The lowest BCUT2D eigenvalue weighted by atomic mass is 10.0. The first-order valence-electron chi connectivity index (χ1n) is 10.2. The number of hydrogen-bond acceptors (Lipinski definition) is 5. The maximum Gasteiger partial charge on any atom is 0.244 e. The predicted octanol–water partition coefficient (Wildman–Crippen LogP) is 2.45. The molecule has 0 aromatic heterocycles. The Kier molecular flexibility index (Phi) is 7.64. The molecule has 1 amide bonds. The number of halogens is 1. The number of carbonyl (C=O) groups is 1. The van der Waals surface area contributed by atoms with Gasteiger partial charge in [-0.05, 0) is 62.7 Å². The fraction of sp³-hybridized carbons (Fsp3) is 0.409. The second-order valence-corrected chi connectivity index (χ2v) is 9.23. The molecule has 0 aliphatic carbocycles. The van der Waals surface area contributed by atoms with Crippen LogP contribution in [0.25, 0.3) is 0 Å². The molecule has 1 heterocycles. The molecular formula is C22H28FN3O4S. The molecule has 9 heteroatoms. The van der Waals surface area contributed by atoms with Gasteiger partial charge in [-0.2, -0.15) is 4.72 Å². The van der Waals surface area contributed by atoms with Crippen LogP contribution in [0.5, 0.6) is 5.75 Å². The molecule has 2 atom stereocenters. The van der Waals surface area contributed by atoms with Crippen LogP contribution in [0.15, 0.2) is 53.4 Å². The molecule has 7 nitrogen and oxygen atoms in total. The van der Waals surface area contributed by atoms with Crippen LogP contribution in [0.2, 0.25) is 0 Å². The van der Waals surface area contributed by atoms with E-state index in [-0.39, 0.29) is 6.04 Å². The molecule has 0 saturated carbocycles. The van der Waals surface area contributed by atoms with E-state index in [1.165, 1.54) is 19.1 Å². The van der Waals surface area contributed by atoms with Gasteiger partial charge in [-0.3, -0.25) is 9.69 Å². The van der Waals surface area contributed by atoms with Crippen molar-refractivity contribution in [3.63, 3.8) is 0 Å². The van der Waals surface area contributed by atoms with Crippen molar-refractivity contribution >= 4 is 15.9 Å². The summed E-state index contributed by atoms with van der Waals surface area (Å²) in [6, 6.07) is 11.7. The summed E-state index contributed by atoms with van der Waals surface area (Å²) in [5.74, 6) is -0.585. The van der Waals surface area contributed by atoms with Gasteiger partial charge in [-0.25, -0.2) is 12.8 Å². The zero-order chi connectivity index (χ0) is 22.4. The molecule has 2 aromatic carbocycles. The summed E-state index contributed by atoms with van der Waals surface area (Å²) >= 11 is 0. The number of rotatable bonds is 9. The normalized spacial score (nSPS) is 16.6. The Labute approximate surface area is 182 Å². The zero-order valence-electron chi connectivity index (χ0n) is 17.7. The molecule has 1 fully saturated rings. The number of likely N-dealkylation sites (tertiary alicyclic amines) is 1. The maximum absolute atomic E-state index is 13.9. The van der Waals surface area contributed by atoms with Crippen LogP contribution in [0.3, 0.4) is 0 Å². The van der Waals surface area contributed by atoms with Crippen molar-refractivity contribution in [1.82, 2.24) is 14.9 Å². The van der Waals surface area contributed by atoms with Gasteiger partial charge in [0.15, 0.2) is 0 Å². The number of nitrogens with one attached hydrogen (secondary N) is 2. The summed E-state index contributed by atoms with van der Waals surface area (Å²) in [4.78, 5) is 14.4. The maximum atomic E-state index is 13.9. The van der Waals surface area contributed by atoms with Crippen LogP contribution in [0.4, 0.5) is 4.39 Å². The summed E-state index contributed by atoms with van der Waals surface area (Å²) in [7, 11) is -2.55. The van der Waals surface area contributed by atoms with Gasteiger partial charge in [0.25, 0.3) is 0 Å². The van der Waals surface area contributed by atoms with Crippen molar-refractivity contribution in [2.24, 2.45) is 0 Å². The monoisotopic (exact) mass is 449 g/mol. The van der Waals surface area contributed by atoms with Gasteiger partial charge < -0.3 is 10.1 Å². The molecule has 2 aromatic rings. The van der Waals surface area contributed by atoms with Crippen molar-refractivity contribution < 1.29 is 22.3 Å². The van der Waals surface area contributed by atoms with Gasteiger partial charge in [0.05, 0.1) is 19.2 Å². The average molecular weight is 450 g/mol. The van der Waals surface area contributed by atoms with E-state index in [4.69, 9.17) is 4.74 Å². The minimum Gasteiger partial charge on any atom is -0.497 e. The average Bonchev–Trinajstić information content (AvgIpc) is 3.28. The number of amides is 1. The molecule has 1 saturated heterocycles. The second-order valence-electron chi connectivity index (χ2n) is 7.55. The number of methoxy groups -OCH3 is 1. The van der Waals surface area contributed by atoms with Crippen molar-refractivity contribution in [1.29, 1.82) is 0 Å². The smallest absolute Gasteiger partial charge is 0.244 e. The van der Waals surface area contributed by atoms with Crippen LogP contribution >= 0.6 is 0 Å². The van der Waals surface area contributed by atoms with E-state index in [9.17, 15) is 17.6 Å². The Bertz CT molecular complexity index is 992. The minimum absolute atomic E-state index is 0.0345. The van der Waals surface area contributed by atoms with E-state index in [0.29, 0.717) is 6.54 Å². The van der Waals surface area contributed by atoms with Crippen LogP contribution in [-0.4, -0.2) is 52.0 Å². The first-order valence-corrected chi connectivity index (χ1v) is 11.7. The second kappa shape index (κ2) is 10.2. The highest BCUT2D eigenvalue weighted by Gasteiger charge is 2.27. The highest BCUT2D eigenvalue weighted by molar-refractivity contribution is 7.89. The number of sulfonamides is 1. The lowest BCUT2D eigenvalue weighted by molar-refractivity contribution is -0.122. The molecule has 1 aliphatic heterocycles. The molecule has 0 spiro atoms. The number of hydrogen-bond donors (Lipinski definition) is 2. The fourth-order valence-electron chi connectivity index (χ4n) is 3.70. The van der Waals surface area contributed by atoms with Crippen LogP contribution in [0, 0.1) is 5.82 Å². The highest BCUT2D eigenvalue weighted by atomic mass is 32.2. The van der Waals surface area contributed by atoms with E-state index >= 15 is 0 Å². The van der Waals surface area contributed by atoms with Gasteiger partial charge in [-0.1, -0.05) is 24.3 Å². The van der Waals surface area contributed by atoms with Crippen LogP contribution in [0.1, 0.15) is 31.4 Å². The number of carbonyl (C=O) groups excluding carboxylic acids is 1. The third kappa shape index (κ3) is 5.81. The Morgan fingerprint density at radius 2 is 1.77 bits per heavy atom. The third-order valence-corrected chi connectivity index (χ3v) is 6.98. The third-order valence-electron chi connectivity index (χ3n) is 5.40. The van der Waals surface area contributed by atoms with Gasteiger partial charge in [0, 0.05) is 6.54 Å². The minimum atomic E-state index is -4.16. The SMILES string of the molecule is COc1ccc(C(CNC(=O)[C@H](C)NS(=O)(=O)c2ccccc2F)N2CCCC2)cc1. The summed E-state index contributed by atoms with van der Waals surface area (Å²) in [6.07, 6.45) is 2.19.